The minimum absolute atomic E-state index is 0.107. The molecular weight excluding hydrogens is 266 g/mol. The second kappa shape index (κ2) is 7.07. The quantitative estimate of drug-likeness (QED) is 0.788. The highest BCUT2D eigenvalue weighted by atomic mass is 16.5. The number of ether oxygens (including phenoxy) is 1. The molecule has 0 unspecified atom stereocenters. The molecule has 0 radical (unpaired) electrons. The molecule has 2 aromatic rings. The molecule has 0 aliphatic carbocycles. The fourth-order valence-corrected chi connectivity index (χ4v) is 2.23. The normalized spacial score (nSPS) is 10.8. The molecule has 0 amide bonds. The van der Waals surface area contributed by atoms with Gasteiger partial charge in [-0.05, 0) is 43.2 Å². The molecule has 1 heterocycles. The fraction of sp³-hybridized carbons (Fsp3) is 0.412. The van der Waals surface area contributed by atoms with Gasteiger partial charge in [0.05, 0.1) is 18.5 Å². The van der Waals surface area contributed by atoms with Gasteiger partial charge in [0.2, 0.25) is 0 Å². The minimum atomic E-state index is -0.797. The van der Waals surface area contributed by atoms with Gasteiger partial charge in [-0.15, -0.1) is 0 Å². The van der Waals surface area contributed by atoms with Crippen LogP contribution in [0.5, 0.6) is 5.75 Å². The first kappa shape index (κ1) is 15.3. The van der Waals surface area contributed by atoms with Crippen LogP contribution in [-0.4, -0.2) is 22.7 Å². The maximum absolute atomic E-state index is 10.6. The molecule has 0 bridgehead atoms. The van der Waals surface area contributed by atoms with Crippen LogP contribution < -0.4 is 4.74 Å². The number of pyridine rings is 1. The maximum atomic E-state index is 10.6. The van der Waals surface area contributed by atoms with E-state index in [1.807, 2.05) is 31.2 Å². The Morgan fingerprint density at radius 1 is 1.33 bits per heavy atom. The Morgan fingerprint density at radius 3 is 2.86 bits per heavy atom. The molecular formula is C17H21NO3. The van der Waals surface area contributed by atoms with Crippen LogP contribution in [0.1, 0.15) is 37.4 Å². The number of unbranched alkanes of at least 4 members (excludes halogenated alkanes) is 1. The van der Waals surface area contributed by atoms with E-state index in [1.165, 1.54) is 0 Å². The van der Waals surface area contributed by atoms with Crippen molar-refractivity contribution in [3.63, 3.8) is 0 Å². The zero-order valence-electron chi connectivity index (χ0n) is 12.6. The number of carboxylic acid groups (broad SMARTS) is 1. The molecule has 0 spiro atoms. The highest BCUT2D eigenvalue weighted by molar-refractivity contribution is 5.83. The van der Waals surface area contributed by atoms with Gasteiger partial charge in [-0.25, -0.2) is 0 Å². The molecule has 2 rings (SSSR count). The molecule has 21 heavy (non-hydrogen) atoms. The molecule has 0 aliphatic rings. The lowest BCUT2D eigenvalue weighted by Crippen LogP contribution is -2.01. The van der Waals surface area contributed by atoms with E-state index in [1.54, 1.807) is 0 Å². The predicted octanol–water partition coefficient (Wildman–Crippen LogP) is 3.74. The van der Waals surface area contributed by atoms with Crippen molar-refractivity contribution in [2.45, 2.75) is 39.5 Å². The van der Waals surface area contributed by atoms with Crippen LogP contribution >= 0.6 is 0 Å². The van der Waals surface area contributed by atoms with E-state index in [2.05, 4.69) is 11.9 Å². The van der Waals surface area contributed by atoms with Gasteiger partial charge in [-0.2, -0.15) is 0 Å². The standard InChI is InChI=1S/C17H21NO3/c1-3-4-9-21-14-6-7-16-15(11-14)12(2)10-13(18-16)5-8-17(19)20/h6-7,10-11H,3-5,8-9H2,1-2H3,(H,19,20). The van der Waals surface area contributed by atoms with Crippen LogP contribution in [0.15, 0.2) is 24.3 Å². The van der Waals surface area contributed by atoms with Crippen LogP contribution in [0, 0.1) is 6.92 Å². The molecule has 0 saturated heterocycles. The lowest BCUT2D eigenvalue weighted by Gasteiger charge is -2.09. The van der Waals surface area contributed by atoms with E-state index in [0.717, 1.165) is 47.4 Å². The van der Waals surface area contributed by atoms with E-state index in [0.29, 0.717) is 6.42 Å². The first-order valence-electron chi connectivity index (χ1n) is 7.35. The number of hydrogen-bond acceptors (Lipinski definition) is 3. The van der Waals surface area contributed by atoms with Gasteiger partial charge in [0.15, 0.2) is 0 Å². The number of fused-ring (bicyclic) bond motifs is 1. The number of aromatic nitrogens is 1. The molecule has 0 saturated carbocycles. The first-order chi connectivity index (χ1) is 10.1. The number of aryl methyl sites for hydroxylation is 2. The monoisotopic (exact) mass is 287 g/mol. The molecule has 0 aliphatic heterocycles. The van der Waals surface area contributed by atoms with Gasteiger partial charge in [-0.3, -0.25) is 9.78 Å². The van der Waals surface area contributed by atoms with Crippen molar-refractivity contribution in [1.29, 1.82) is 0 Å². The number of hydrogen-bond donors (Lipinski definition) is 1. The Morgan fingerprint density at radius 2 is 2.14 bits per heavy atom. The molecule has 4 heteroatoms. The summed E-state index contributed by atoms with van der Waals surface area (Å²) in [6, 6.07) is 7.83. The number of aliphatic carboxylic acids is 1. The minimum Gasteiger partial charge on any atom is -0.494 e. The van der Waals surface area contributed by atoms with Crippen molar-refractivity contribution < 1.29 is 14.6 Å². The predicted molar refractivity (Wildman–Crippen MR) is 82.8 cm³/mol. The average molecular weight is 287 g/mol. The van der Waals surface area contributed by atoms with E-state index in [-0.39, 0.29) is 6.42 Å². The number of rotatable bonds is 7. The maximum Gasteiger partial charge on any atom is 0.303 e. The van der Waals surface area contributed by atoms with Gasteiger partial charge in [0, 0.05) is 17.5 Å². The summed E-state index contributed by atoms with van der Waals surface area (Å²) in [5.74, 6) is 0.0633. The molecule has 1 aromatic carbocycles. The van der Waals surface area contributed by atoms with Crippen LogP contribution in [0.2, 0.25) is 0 Å². The van der Waals surface area contributed by atoms with Crippen LogP contribution in [0.25, 0.3) is 10.9 Å². The summed E-state index contributed by atoms with van der Waals surface area (Å²) < 4.78 is 5.71. The van der Waals surface area contributed by atoms with Crippen molar-refractivity contribution in [3.05, 3.63) is 35.5 Å². The van der Waals surface area contributed by atoms with Gasteiger partial charge in [0.25, 0.3) is 0 Å². The lowest BCUT2D eigenvalue weighted by molar-refractivity contribution is -0.136. The van der Waals surface area contributed by atoms with Crippen molar-refractivity contribution >= 4 is 16.9 Å². The topological polar surface area (TPSA) is 59.4 Å². The summed E-state index contributed by atoms with van der Waals surface area (Å²) in [6.45, 7) is 4.88. The third kappa shape index (κ3) is 4.18. The van der Waals surface area contributed by atoms with E-state index < -0.39 is 5.97 Å². The average Bonchev–Trinajstić information content (AvgIpc) is 2.46. The van der Waals surface area contributed by atoms with Crippen molar-refractivity contribution in [2.75, 3.05) is 6.61 Å². The number of nitrogens with zero attached hydrogens (tertiary/aromatic N) is 1. The largest absolute Gasteiger partial charge is 0.494 e. The summed E-state index contributed by atoms with van der Waals surface area (Å²) in [6.07, 6.45) is 2.72. The smallest absolute Gasteiger partial charge is 0.303 e. The van der Waals surface area contributed by atoms with Gasteiger partial charge < -0.3 is 9.84 Å². The van der Waals surface area contributed by atoms with E-state index in [4.69, 9.17) is 9.84 Å². The van der Waals surface area contributed by atoms with E-state index >= 15 is 0 Å². The number of carbonyl (C=O) groups is 1. The second-order valence-corrected chi connectivity index (χ2v) is 5.21. The molecule has 0 atom stereocenters. The molecule has 112 valence electrons. The second-order valence-electron chi connectivity index (χ2n) is 5.21. The van der Waals surface area contributed by atoms with Crippen molar-refractivity contribution in [2.24, 2.45) is 0 Å². The first-order valence-corrected chi connectivity index (χ1v) is 7.35. The Labute approximate surface area is 124 Å². The highest BCUT2D eigenvalue weighted by Gasteiger charge is 2.06. The summed E-state index contributed by atoms with van der Waals surface area (Å²) in [5, 5.41) is 9.81. The lowest BCUT2D eigenvalue weighted by atomic mass is 10.1. The summed E-state index contributed by atoms with van der Waals surface area (Å²) in [4.78, 5) is 15.2. The Kier molecular flexibility index (Phi) is 5.14. The number of carboxylic acids is 1. The van der Waals surface area contributed by atoms with Gasteiger partial charge >= 0.3 is 5.97 Å². The fourth-order valence-electron chi connectivity index (χ4n) is 2.23. The van der Waals surface area contributed by atoms with Crippen molar-refractivity contribution in [1.82, 2.24) is 4.98 Å². The molecule has 0 fully saturated rings. The SMILES string of the molecule is CCCCOc1ccc2nc(CCC(=O)O)cc(C)c2c1. The Balaban J connectivity index is 2.21. The Hall–Kier alpha value is -2.10. The van der Waals surface area contributed by atoms with Crippen molar-refractivity contribution in [3.8, 4) is 5.75 Å². The van der Waals surface area contributed by atoms with Gasteiger partial charge in [0.1, 0.15) is 5.75 Å². The highest BCUT2D eigenvalue weighted by Crippen LogP contribution is 2.24. The molecule has 4 nitrogen and oxygen atoms in total. The molecule has 1 N–H and O–H groups in total. The van der Waals surface area contributed by atoms with Crippen LogP contribution in [0.4, 0.5) is 0 Å². The molecule has 1 aromatic heterocycles. The third-order valence-corrected chi connectivity index (χ3v) is 3.40. The van der Waals surface area contributed by atoms with Gasteiger partial charge in [-0.1, -0.05) is 13.3 Å². The van der Waals surface area contributed by atoms with Crippen LogP contribution in [-0.2, 0) is 11.2 Å². The third-order valence-electron chi connectivity index (χ3n) is 3.40. The zero-order valence-corrected chi connectivity index (χ0v) is 12.6. The van der Waals surface area contributed by atoms with E-state index in [9.17, 15) is 4.79 Å². The zero-order chi connectivity index (χ0) is 15.2. The summed E-state index contributed by atoms with van der Waals surface area (Å²) in [7, 11) is 0. The number of benzene rings is 1. The Bertz CT molecular complexity index is 637. The van der Waals surface area contributed by atoms with Crippen LogP contribution in [0.3, 0.4) is 0 Å². The summed E-state index contributed by atoms with van der Waals surface area (Å²) >= 11 is 0. The summed E-state index contributed by atoms with van der Waals surface area (Å²) in [5.41, 5.74) is 2.81.